The van der Waals surface area contributed by atoms with Crippen LogP contribution >= 0.6 is 0 Å². The first-order valence-corrected chi connectivity index (χ1v) is 7.52. The van der Waals surface area contributed by atoms with Crippen LogP contribution in [0.4, 0.5) is 0 Å². The van der Waals surface area contributed by atoms with E-state index in [2.05, 4.69) is 26.1 Å². The number of amides is 1. The van der Waals surface area contributed by atoms with Crippen molar-refractivity contribution in [2.24, 2.45) is 23.0 Å². The first-order valence-electron chi connectivity index (χ1n) is 7.52. The number of carbonyl (C=O) groups excluding carboxylic acids is 1. The van der Waals surface area contributed by atoms with Gasteiger partial charge in [-0.15, -0.1) is 0 Å². The van der Waals surface area contributed by atoms with Crippen molar-refractivity contribution >= 4 is 5.91 Å². The van der Waals surface area contributed by atoms with Crippen LogP contribution in [-0.4, -0.2) is 29.7 Å². The van der Waals surface area contributed by atoms with Gasteiger partial charge in [0.2, 0.25) is 5.91 Å². The van der Waals surface area contributed by atoms with Gasteiger partial charge in [-0.2, -0.15) is 0 Å². The van der Waals surface area contributed by atoms with Crippen LogP contribution in [0.15, 0.2) is 0 Å². The molecule has 1 amide bonds. The highest BCUT2D eigenvalue weighted by Crippen LogP contribution is 2.44. The van der Waals surface area contributed by atoms with Gasteiger partial charge in [-0.25, -0.2) is 0 Å². The summed E-state index contributed by atoms with van der Waals surface area (Å²) in [5.74, 6) is 0.396. The summed E-state index contributed by atoms with van der Waals surface area (Å²) in [4.78, 5) is 12.3. The molecule has 0 heterocycles. The van der Waals surface area contributed by atoms with Crippen molar-refractivity contribution in [3.8, 4) is 0 Å². The lowest BCUT2D eigenvalue weighted by Gasteiger charge is -2.46. The molecule has 112 valence electrons. The molecule has 1 rings (SSSR count). The monoisotopic (exact) mass is 270 g/mol. The van der Waals surface area contributed by atoms with Crippen molar-refractivity contribution in [3.63, 3.8) is 0 Å². The third kappa shape index (κ3) is 3.93. The highest BCUT2D eigenvalue weighted by molar-refractivity contribution is 5.79. The van der Waals surface area contributed by atoms with E-state index in [0.717, 1.165) is 25.7 Å². The zero-order chi connectivity index (χ0) is 14.6. The molecule has 0 saturated heterocycles. The van der Waals surface area contributed by atoms with Crippen LogP contribution in [0.3, 0.4) is 0 Å². The molecular formula is C15H30N2O2. The SMILES string of the molecule is CCCC(O)CNC(=O)C1CCC(N)C(C)C1(C)C. The summed E-state index contributed by atoms with van der Waals surface area (Å²) in [7, 11) is 0. The Bertz CT molecular complexity index is 305. The summed E-state index contributed by atoms with van der Waals surface area (Å²) >= 11 is 0. The highest BCUT2D eigenvalue weighted by atomic mass is 16.3. The largest absolute Gasteiger partial charge is 0.391 e. The van der Waals surface area contributed by atoms with Crippen LogP contribution in [0.5, 0.6) is 0 Å². The van der Waals surface area contributed by atoms with Gasteiger partial charge in [0.05, 0.1) is 6.10 Å². The van der Waals surface area contributed by atoms with Crippen molar-refractivity contribution in [1.29, 1.82) is 0 Å². The second-order valence-corrected chi connectivity index (χ2v) is 6.59. The van der Waals surface area contributed by atoms with Crippen molar-refractivity contribution in [1.82, 2.24) is 5.32 Å². The summed E-state index contributed by atoms with van der Waals surface area (Å²) in [5.41, 5.74) is 6.02. The molecule has 0 aromatic carbocycles. The lowest BCUT2D eigenvalue weighted by Crippen LogP contribution is -2.52. The summed E-state index contributed by atoms with van der Waals surface area (Å²) in [6.45, 7) is 8.78. The van der Waals surface area contributed by atoms with Gasteiger partial charge in [-0.3, -0.25) is 4.79 Å². The van der Waals surface area contributed by atoms with Crippen molar-refractivity contribution < 1.29 is 9.90 Å². The Hall–Kier alpha value is -0.610. The molecule has 1 fully saturated rings. The van der Waals surface area contributed by atoms with Gasteiger partial charge in [0.25, 0.3) is 0 Å². The maximum absolute atomic E-state index is 12.3. The number of hydrogen-bond acceptors (Lipinski definition) is 3. The van der Waals surface area contributed by atoms with Crippen LogP contribution in [0.1, 0.15) is 53.4 Å². The predicted octanol–water partition coefficient (Wildman–Crippen LogP) is 1.66. The standard InChI is InChI=1S/C15H30N2O2/c1-5-6-11(18)9-17-14(19)12-7-8-13(16)10(2)15(12,3)4/h10-13,18H,5-9,16H2,1-4H3,(H,17,19). The van der Waals surface area contributed by atoms with E-state index in [4.69, 9.17) is 5.73 Å². The lowest BCUT2D eigenvalue weighted by molar-refractivity contribution is -0.133. The summed E-state index contributed by atoms with van der Waals surface area (Å²) < 4.78 is 0. The maximum Gasteiger partial charge on any atom is 0.223 e. The molecule has 4 atom stereocenters. The number of hydrogen-bond donors (Lipinski definition) is 3. The van der Waals surface area contributed by atoms with Gasteiger partial charge in [-0.1, -0.05) is 34.1 Å². The van der Waals surface area contributed by atoms with Crippen LogP contribution in [-0.2, 0) is 4.79 Å². The second kappa shape index (κ2) is 6.71. The number of aliphatic hydroxyl groups is 1. The van der Waals surface area contributed by atoms with E-state index in [1.165, 1.54) is 0 Å². The van der Waals surface area contributed by atoms with E-state index < -0.39 is 6.10 Å². The molecule has 0 aromatic rings. The Balaban J connectivity index is 2.56. The van der Waals surface area contributed by atoms with Gasteiger partial charge in [0.15, 0.2) is 0 Å². The molecule has 0 aromatic heterocycles. The fourth-order valence-corrected chi connectivity index (χ4v) is 3.10. The Morgan fingerprint density at radius 3 is 2.68 bits per heavy atom. The molecule has 0 radical (unpaired) electrons. The summed E-state index contributed by atoms with van der Waals surface area (Å²) in [5, 5.41) is 12.6. The number of carbonyl (C=O) groups is 1. The average Bonchev–Trinajstić information content (AvgIpc) is 2.34. The normalized spacial score (nSPS) is 31.8. The maximum atomic E-state index is 12.3. The van der Waals surface area contributed by atoms with E-state index in [9.17, 15) is 9.90 Å². The Morgan fingerprint density at radius 1 is 1.47 bits per heavy atom. The molecule has 0 bridgehead atoms. The van der Waals surface area contributed by atoms with Crippen LogP contribution < -0.4 is 11.1 Å². The van der Waals surface area contributed by atoms with Crippen LogP contribution in [0.25, 0.3) is 0 Å². The number of aliphatic hydroxyl groups excluding tert-OH is 1. The fourth-order valence-electron chi connectivity index (χ4n) is 3.10. The minimum Gasteiger partial charge on any atom is -0.391 e. The predicted molar refractivity (Wildman–Crippen MR) is 77.6 cm³/mol. The second-order valence-electron chi connectivity index (χ2n) is 6.59. The van der Waals surface area contributed by atoms with Gasteiger partial charge in [-0.05, 0) is 30.6 Å². The number of nitrogens with two attached hydrogens (primary N) is 1. The Labute approximate surface area is 117 Å². The molecular weight excluding hydrogens is 240 g/mol. The first kappa shape index (κ1) is 16.4. The first-order chi connectivity index (χ1) is 8.80. The highest BCUT2D eigenvalue weighted by Gasteiger charge is 2.44. The number of rotatable bonds is 5. The quantitative estimate of drug-likeness (QED) is 0.711. The van der Waals surface area contributed by atoms with E-state index in [1.807, 2.05) is 6.92 Å². The Morgan fingerprint density at radius 2 is 2.11 bits per heavy atom. The van der Waals surface area contributed by atoms with Crippen molar-refractivity contribution in [3.05, 3.63) is 0 Å². The van der Waals surface area contributed by atoms with Gasteiger partial charge in [0.1, 0.15) is 0 Å². The van der Waals surface area contributed by atoms with Crippen LogP contribution in [0, 0.1) is 17.3 Å². The fraction of sp³-hybridized carbons (Fsp3) is 0.933. The molecule has 4 heteroatoms. The average molecular weight is 270 g/mol. The van der Waals surface area contributed by atoms with Crippen molar-refractivity contribution in [2.45, 2.75) is 65.5 Å². The van der Waals surface area contributed by atoms with Gasteiger partial charge < -0.3 is 16.2 Å². The minimum absolute atomic E-state index is 0.00359. The molecule has 1 aliphatic rings. The molecule has 1 saturated carbocycles. The van der Waals surface area contributed by atoms with E-state index in [1.54, 1.807) is 0 Å². The summed E-state index contributed by atoms with van der Waals surface area (Å²) in [6.07, 6.45) is 2.97. The molecule has 0 aliphatic heterocycles. The van der Waals surface area contributed by atoms with E-state index in [-0.39, 0.29) is 23.3 Å². The molecule has 4 unspecified atom stereocenters. The Kier molecular flexibility index (Phi) is 5.81. The van der Waals surface area contributed by atoms with Gasteiger partial charge in [0, 0.05) is 18.5 Å². The molecule has 1 aliphatic carbocycles. The zero-order valence-corrected chi connectivity index (χ0v) is 12.8. The summed E-state index contributed by atoms with van der Waals surface area (Å²) in [6, 6.07) is 0.185. The lowest BCUT2D eigenvalue weighted by atomic mass is 9.61. The van der Waals surface area contributed by atoms with E-state index >= 15 is 0 Å². The smallest absolute Gasteiger partial charge is 0.223 e. The third-order valence-electron chi connectivity index (χ3n) is 4.95. The zero-order valence-electron chi connectivity index (χ0n) is 12.8. The topological polar surface area (TPSA) is 75.3 Å². The van der Waals surface area contributed by atoms with E-state index in [0.29, 0.717) is 12.5 Å². The molecule has 4 nitrogen and oxygen atoms in total. The van der Waals surface area contributed by atoms with Gasteiger partial charge >= 0.3 is 0 Å². The van der Waals surface area contributed by atoms with Crippen LogP contribution in [0.2, 0.25) is 0 Å². The molecule has 19 heavy (non-hydrogen) atoms. The molecule has 4 N–H and O–H groups in total. The van der Waals surface area contributed by atoms with Crippen molar-refractivity contribution in [2.75, 3.05) is 6.54 Å². The minimum atomic E-state index is -0.430. The molecule has 0 spiro atoms. The number of nitrogens with one attached hydrogen (secondary N) is 1. The third-order valence-corrected chi connectivity index (χ3v) is 4.95.